The highest BCUT2D eigenvalue weighted by atomic mass is 35.5. The van der Waals surface area contributed by atoms with Gasteiger partial charge >= 0.3 is 0 Å². The van der Waals surface area contributed by atoms with Crippen molar-refractivity contribution in [2.24, 2.45) is 0 Å². The van der Waals surface area contributed by atoms with Crippen LogP contribution in [0.3, 0.4) is 0 Å². The van der Waals surface area contributed by atoms with Crippen LogP contribution >= 0.6 is 11.6 Å². The van der Waals surface area contributed by atoms with Crippen molar-refractivity contribution in [2.75, 3.05) is 0 Å². The highest BCUT2D eigenvalue weighted by Gasteiger charge is 2.19. The smallest absolute Gasteiger partial charge is 0.242 e. The average Bonchev–Trinajstić information content (AvgIpc) is 2.20. The third kappa shape index (κ3) is 3.74. The fourth-order valence-electron chi connectivity index (χ4n) is 1.49. The van der Waals surface area contributed by atoms with Gasteiger partial charge in [0.1, 0.15) is 5.75 Å². The van der Waals surface area contributed by atoms with Crippen molar-refractivity contribution in [1.82, 2.24) is 0 Å². The van der Waals surface area contributed by atoms with Crippen molar-refractivity contribution in [2.45, 2.75) is 40.5 Å². The van der Waals surface area contributed by atoms with Crippen LogP contribution in [0.5, 0.6) is 5.75 Å². The van der Waals surface area contributed by atoms with Gasteiger partial charge in [-0.15, -0.1) is 0 Å². The minimum absolute atomic E-state index is 0.482. The number of hydrogen-bond donors (Lipinski definition) is 0. The first-order chi connectivity index (χ1) is 7.74. The molecule has 0 aliphatic rings. The molecule has 0 unspecified atom stereocenters. The van der Waals surface area contributed by atoms with Crippen molar-refractivity contribution in [3.05, 3.63) is 34.4 Å². The van der Waals surface area contributed by atoms with Crippen LogP contribution in [-0.2, 0) is 0 Å². The number of hydrogen-bond acceptors (Lipinski definition) is 1. The highest BCUT2D eigenvalue weighted by Crippen LogP contribution is 2.33. The van der Waals surface area contributed by atoms with E-state index in [-0.39, 0.29) is 0 Å². The number of aryl methyl sites for hydroxylation is 1. The molecule has 1 aromatic carbocycles. The maximum absolute atomic E-state index is 13.4. The molecule has 3 heteroatoms. The summed E-state index contributed by atoms with van der Waals surface area (Å²) in [4.78, 5) is 0. The number of benzene rings is 1. The lowest BCUT2D eigenvalue weighted by atomic mass is 10.0. The molecule has 1 aromatic rings. The highest BCUT2D eigenvalue weighted by molar-refractivity contribution is 6.32. The van der Waals surface area contributed by atoms with Gasteiger partial charge in [-0.25, -0.2) is 0 Å². The number of allylic oxidation sites excluding steroid dienone is 2. The summed E-state index contributed by atoms with van der Waals surface area (Å²) in [5.74, 6) is -1.22. The minimum Gasteiger partial charge on any atom is -0.458 e. The molecular weight excluding hydrogens is 239 g/mol. The molecule has 17 heavy (non-hydrogen) atoms. The van der Waals surface area contributed by atoms with Crippen LogP contribution in [0.2, 0.25) is 5.02 Å². The topological polar surface area (TPSA) is 9.23 Å². The Bertz CT molecular complexity index is 444. The normalized spacial score (nSPS) is 12.8. The summed E-state index contributed by atoms with van der Waals surface area (Å²) < 4.78 is 18.6. The Morgan fingerprint density at radius 3 is 2.47 bits per heavy atom. The van der Waals surface area contributed by atoms with Crippen LogP contribution in [-0.4, -0.2) is 5.85 Å². The van der Waals surface area contributed by atoms with Gasteiger partial charge in [0.2, 0.25) is 5.85 Å². The first-order valence-electron chi connectivity index (χ1n) is 5.56. The maximum atomic E-state index is 13.4. The fraction of sp³-hybridized carbons (Fsp3) is 0.429. The van der Waals surface area contributed by atoms with Crippen LogP contribution in [0.15, 0.2) is 18.2 Å². The summed E-state index contributed by atoms with van der Waals surface area (Å²) in [5, 5.41) is 0.574. The molecule has 0 saturated heterocycles. The molecule has 0 aliphatic heterocycles. The van der Waals surface area contributed by atoms with Gasteiger partial charge in [-0.1, -0.05) is 17.7 Å². The van der Waals surface area contributed by atoms with Gasteiger partial charge < -0.3 is 4.74 Å². The molecule has 94 valence electrons. The number of ether oxygens (including phenoxy) is 1. The minimum atomic E-state index is -1.70. The zero-order valence-corrected chi connectivity index (χ0v) is 11.7. The molecule has 0 aromatic heterocycles. The van der Waals surface area contributed by atoms with Gasteiger partial charge in [0, 0.05) is 13.8 Å². The SMILES string of the molecule is CC=C(C)c1cc(C)c(OC(C)(C)F)cc1Cl. The fourth-order valence-corrected chi connectivity index (χ4v) is 1.80. The van der Waals surface area contributed by atoms with E-state index >= 15 is 0 Å². The lowest BCUT2D eigenvalue weighted by Gasteiger charge is -2.20. The molecule has 0 aliphatic carbocycles. The molecule has 0 bridgehead atoms. The second-order valence-electron chi connectivity index (χ2n) is 4.53. The van der Waals surface area contributed by atoms with Gasteiger partial charge in [0.05, 0.1) is 5.02 Å². The van der Waals surface area contributed by atoms with Gasteiger partial charge in [-0.05, 0) is 49.6 Å². The summed E-state index contributed by atoms with van der Waals surface area (Å²) in [6, 6.07) is 3.58. The Balaban J connectivity index is 3.19. The van der Waals surface area contributed by atoms with Gasteiger partial charge in [0.15, 0.2) is 0 Å². The molecule has 0 heterocycles. The largest absolute Gasteiger partial charge is 0.458 e. The molecule has 0 fully saturated rings. The van der Waals surface area contributed by atoms with E-state index in [1.54, 1.807) is 6.07 Å². The second kappa shape index (κ2) is 5.09. The van der Waals surface area contributed by atoms with Crippen LogP contribution in [0.4, 0.5) is 4.39 Å². The van der Waals surface area contributed by atoms with E-state index in [4.69, 9.17) is 16.3 Å². The molecule has 0 N–H and O–H groups in total. The number of halogens is 2. The van der Waals surface area contributed by atoms with Crippen molar-refractivity contribution >= 4 is 17.2 Å². The third-order valence-electron chi connectivity index (χ3n) is 2.48. The Morgan fingerprint density at radius 1 is 1.41 bits per heavy atom. The predicted molar refractivity (Wildman–Crippen MR) is 71.3 cm³/mol. The zero-order chi connectivity index (χ0) is 13.2. The van der Waals surface area contributed by atoms with E-state index in [9.17, 15) is 4.39 Å². The van der Waals surface area contributed by atoms with Crippen LogP contribution in [0.1, 0.15) is 38.8 Å². The van der Waals surface area contributed by atoms with Crippen LogP contribution in [0, 0.1) is 6.92 Å². The van der Waals surface area contributed by atoms with Crippen molar-refractivity contribution in [1.29, 1.82) is 0 Å². The quantitative estimate of drug-likeness (QED) is 0.726. The Kier molecular flexibility index (Phi) is 4.21. The third-order valence-corrected chi connectivity index (χ3v) is 2.79. The number of rotatable bonds is 3. The standard InChI is InChI=1S/C14H18ClFO/c1-6-9(2)11-7-10(3)13(8-12(11)15)17-14(4,5)16/h6-8H,1-5H3. The lowest BCUT2D eigenvalue weighted by molar-refractivity contribution is -0.0262. The maximum Gasteiger partial charge on any atom is 0.242 e. The Morgan fingerprint density at radius 2 is 2.00 bits per heavy atom. The molecule has 0 atom stereocenters. The van der Waals surface area contributed by atoms with E-state index in [0.29, 0.717) is 10.8 Å². The van der Waals surface area contributed by atoms with Gasteiger partial charge in [-0.2, -0.15) is 4.39 Å². The Hall–Kier alpha value is -1.02. The molecule has 1 nitrogen and oxygen atoms in total. The first kappa shape index (κ1) is 14.0. The number of alkyl halides is 1. The van der Waals surface area contributed by atoms with E-state index < -0.39 is 5.85 Å². The molecule has 1 rings (SSSR count). The van der Waals surface area contributed by atoms with E-state index in [1.807, 2.05) is 32.9 Å². The second-order valence-corrected chi connectivity index (χ2v) is 4.94. The monoisotopic (exact) mass is 256 g/mol. The summed E-state index contributed by atoms with van der Waals surface area (Å²) in [6.07, 6.45) is 1.99. The van der Waals surface area contributed by atoms with Crippen LogP contribution < -0.4 is 4.74 Å². The van der Waals surface area contributed by atoms with Crippen molar-refractivity contribution < 1.29 is 9.13 Å². The summed E-state index contributed by atoms with van der Waals surface area (Å²) in [5.41, 5.74) is 2.91. The molecule has 0 radical (unpaired) electrons. The first-order valence-corrected chi connectivity index (χ1v) is 5.93. The molecule has 0 spiro atoms. The molecule has 0 saturated carbocycles. The van der Waals surface area contributed by atoms with Crippen molar-refractivity contribution in [3.63, 3.8) is 0 Å². The van der Waals surface area contributed by atoms with Crippen LogP contribution in [0.25, 0.3) is 5.57 Å². The van der Waals surface area contributed by atoms with E-state index in [2.05, 4.69) is 0 Å². The van der Waals surface area contributed by atoms with E-state index in [0.717, 1.165) is 16.7 Å². The van der Waals surface area contributed by atoms with Gasteiger partial charge in [-0.3, -0.25) is 0 Å². The van der Waals surface area contributed by atoms with Gasteiger partial charge in [0.25, 0.3) is 0 Å². The summed E-state index contributed by atoms with van der Waals surface area (Å²) in [7, 11) is 0. The Labute approximate surface area is 107 Å². The summed E-state index contributed by atoms with van der Waals surface area (Å²) >= 11 is 6.16. The summed E-state index contributed by atoms with van der Waals surface area (Å²) in [6.45, 7) is 8.55. The van der Waals surface area contributed by atoms with Crippen molar-refractivity contribution in [3.8, 4) is 5.75 Å². The average molecular weight is 257 g/mol. The lowest BCUT2D eigenvalue weighted by Crippen LogP contribution is -2.21. The predicted octanol–water partition coefficient (Wildman–Crippen LogP) is 5.16. The molecular formula is C14H18ClFO. The zero-order valence-electron chi connectivity index (χ0n) is 10.9. The molecule has 0 amide bonds. The van der Waals surface area contributed by atoms with E-state index in [1.165, 1.54) is 13.8 Å².